The summed E-state index contributed by atoms with van der Waals surface area (Å²) in [7, 11) is 0. The van der Waals surface area contributed by atoms with Gasteiger partial charge in [-0.25, -0.2) is 14.8 Å². The molecule has 1 aromatic heterocycles. The summed E-state index contributed by atoms with van der Waals surface area (Å²) < 4.78 is 0. The molecule has 0 spiro atoms. The highest BCUT2D eigenvalue weighted by molar-refractivity contribution is 5.74. The fraction of sp³-hybridized carbons (Fsp3) is 0.571. The molecule has 1 aliphatic carbocycles. The monoisotopic (exact) mass is 292 g/mol. The predicted octanol–water partition coefficient (Wildman–Crippen LogP) is 1.17. The van der Waals surface area contributed by atoms with Crippen molar-refractivity contribution in [3.8, 4) is 0 Å². The quantitative estimate of drug-likeness (QED) is 0.755. The second-order valence-electron chi connectivity index (χ2n) is 5.25. The highest BCUT2D eigenvalue weighted by Gasteiger charge is 2.30. The van der Waals surface area contributed by atoms with Gasteiger partial charge in [0.1, 0.15) is 6.33 Å². The first-order chi connectivity index (χ1) is 10.2. The Labute approximate surface area is 123 Å². The van der Waals surface area contributed by atoms with E-state index in [4.69, 9.17) is 0 Å². The number of aromatic nitrogens is 2. The van der Waals surface area contributed by atoms with Crippen LogP contribution in [0.2, 0.25) is 0 Å². The minimum atomic E-state index is -0.761. The first-order valence-electron chi connectivity index (χ1n) is 7.16. The van der Waals surface area contributed by atoms with E-state index in [9.17, 15) is 14.7 Å². The number of carbonyl (C=O) groups excluding carboxylic acids is 1. The van der Waals surface area contributed by atoms with Crippen LogP contribution in [0, 0.1) is 11.8 Å². The molecule has 2 rings (SSSR count). The van der Waals surface area contributed by atoms with E-state index in [1.165, 1.54) is 6.33 Å². The molecule has 1 fully saturated rings. The molecule has 3 N–H and O–H groups in total. The molecule has 0 bridgehead atoms. The molecule has 0 aromatic carbocycles. The third kappa shape index (κ3) is 4.70. The van der Waals surface area contributed by atoms with Crippen LogP contribution in [0.1, 0.15) is 31.4 Å². The van der Waals surface area contributed by atoms with Crippen LogP contribution in [0.5, 0.6) is 0 Å². The lowest BCUT2D eigenvalue weighted by molar-refractivity contribution is -0.144. The molecule has 0 radical (unpaired) electrons. The van der Waals surface area contributed by atoms with Crippen molar-refractivity contribution in [3.63, 3.8) is 0 Å². The Morgan fingerprint density at radius 2 is 2.10 bits per heavy atom. The van der Waals surface area contributed by atoms with Crippen molar-refractivity contribution in [1.82, 2.24) is 20.6 Å². The molecular weight excluding hydrogens is 272 g/mol. The Balaban J connectivity index is 1.74. The highest BCUT2D eigenvalue weighted by Crippen LogP contribution is 2.29. The first kappa shape index (κ1) is 15.2. The zero-order chi connectivity index (χ0) is 15.1. The average Bonchev–Trinajstić information content (AvgIpc) is 2.52. The highest BCUT2D eigenvalue weighted by atomic mass is 16.4. The first-order valence-corrected chi connectivity index (χ1v) is 7.16. The van der Waals surface area contributed by atoms with Gasteiger partial charge in [-0.1, -0.05) is 12.8 Å². The number of nitrogens with zero attached hydrogens (tertiary/aromatic N) is 2. The van der Waals surface area contributed by atoms with Crippen molar-refractivity contribution in [1.29, 1.82) is 0 Å². The fourth-order valence-corrected chi connectivity index (χ4v) is 2.66. The second kappa shape index (κ2) is 7.56. The van der Waals surface area contributed by atoms with Gasteiger partial charge in [-0.3, -0.25) is 4.79 Å². The van der Waals surface area contributed by atoms with Crippen LogP contribution in [0.3, 0.4) is 0 Å². The standard InChI is InChI=1S/C14H20N4O3/c19-13(20)12-4-2-1-3-10(12)7-16-14(21)17-8-11-5-6-15-9-18-11/h5-6,9-10,12H,1-4,7-8H2,(H,19,20)(H2,16,17,21). The molecular formula is C14H20N4O3. The Kier molecular flexibility index (Phi) is 5.48. The predicted molar refractivity (Wildman–Crippen MR) is 75.4 cm³/mol. The summed E-state index contributed by atoms with van der Waals surface area (Å²) in [6, 6.07) is 1.42. The number of nitrogens with one attached hydrogen (secondary N) is 2. The molecule has 1 aliphatic rings. The van der Waals surface area contributed by atoms with E-state index in [-0.39, 0.29) is 17.9 Å². The van der Waals surface area contributed by atoms with Gasteiger partial charge in [0.2, 0.25) is 0 Å². The topological polar surface area (TPSA) is 104 Å². The summed E-state index contributed by atoms with van der Waals surface area (Å²) in [5.41, 5.74) is 0.723. The van der Waals surface area contributed by atoms with E-state index in [1.54, 1.807) is 12.3 Å². The van der Waals surface area contributed by atoms with E-state index < -0.39 is 5.97 Å². The lowest BCUT2D eigenvalue weighted by atomic mass is 9.79. The third-order valence-corrected chi connectivity index (χ3v) is 3.82. The zero-order valence-electron chi connectivity index (χ0n) is 11.8. The van der Waals surface area contributed by atoms with Crippen molar-refractivity contribution < 1.29 is 14.7 Å². The maximum Gasteiger partial charge on any atom is 0.315 e. The lowest BCUT2D eigenvalue weighted by Gasteiger charge is -2.28. The Morgan fingerprint density at radius 3 is 2.81 bits per heavy atom. The van der Waals surface area contributed by atoms with Crippen LogP contribution in [0.4, 0.5) is 4.79 Å². The van der Waals surface area contributed by atoms with Gasteiger partial charge in [-0.15, -0.1) is 0 Å². The normalized spacial score (nSPS) is 21.5. The summed E-state index contributed by atoms with van der Waals surface area (Å²) in [5.74, 6) is -1.09. The van der Waals surface area contributed by atoms with Gasteiger partial charge in [-0.2, -0.15) is 0 Å². The van der Waals surface area contributed by atoms with Crippen molar-refractivity contribution in [2.24, 2.45) is 11.8 Å². The molecule has 2 unspecified atom stereocenters. The van der Waals surface area contributed by atoms with Gasteiger partial charge in [0.25, 0.3) is 0 Å². The number of rotatable bonds is 5. The van der Waals surface area contributed by atoms with Gasteiger partial charge in [0.15, 0.2) is 0 Å². The molecule has 7 heteroatoms. The number of carboxylic acid groups (broad SMARTS) is 1. The van der Waals surface area contributed by atoms with Gasteiger partial charge < -0.3 is 15.7 Å². The van der Waals surface area contributed by atoms with E-state index in [1.807, 2.05) is 0 Å². The maximum absolute atomic E-state index is 11.7. The van der Waals surface area contributed by atoms with Crippen LogP contribution >= 0.6 is 0 Å². The molecule has 1 aromatic rings. The van der Waals surface area contributed by atoms with Crippen molar-refractivity contribution in [2.75, 3.05) is 6.54 Å². The largest absolute Gasteiger partial charge is 0.481 e. The number of hydrogen-bond acceptors (Lipinski definition) is 4. The molecule has 0 saturated heterocycles. The second-order valence-corrected chi connectivity index (χ2v) is 5.25. The number of urea groups is 1. The summed E-state index contributed by atoms with van der Waals surface area (Å²) in [4.78, 5) is 30.7. The smallest absolute Gasteiger partial charge is 0.315 e. The summed E-state index contributed by atoms with van der Waals surface area (Å²) in [5, 5.41) is 14.6. The maximum atomic E-state index is 11.7. The SMILES string of the molecule is O=C(NCc1ccncn1)NCC1CCCCC1C(=O)O. The zero-order valence-corrected chi connectivity index (χ0v) is 11.8. The molecule has 7 nitrogen and oxygen atoms in total. The number of carbonyl (C=O) groups is 2. The van der Waals surface area contributed by atoms with Gasteiger partial charge in [0.05, 0.1) is 18.2 Å². The van der Waals surface area contributed by atoms with Gasteiger partial charge in [-0.05, 0) is 24.8 Å². The van der Waals surface area contributed by atoms with Crippen molar-refractivity contribution in [2.45, 2.75) is 32.2 Å². The summed E-state index contributed by atoms with van der Waals surface area (Å²) in [6.45, 7) is 0.716. The Hall–Kier alpha value is -2.18. The molecule has 0 aliphatic heterocycles. The van der Waals surface area contributed by atoms with E-state index in [0.717, 1.165) is 25.0 Å². The number of amides is 2. The molecule has 1 saturated carbocycles. The number of carboxylic acids is 1. The molecule has 1 heterocycles. The average molecular weight is 292 g/mol. The molecule has 2 atom stereocenters. The Bertz CT molecular complexity index is 480. The van der Waals surface area contributed by atoms with Crippen LogP contribution in [0.15, 0.2) is 18.6 Å². The minimum Gasteiger partial charge on any atom is -0.481 e. The molecule has 2 amide bonds. The van der Waals surface area contributed by atoms with E-state index in [0.29, 0.717) is 19.5 Å². The van der Waals surface area contributed by atoms with Gasteiger partial charge >= 0.3 is 12.0 Å². The number of aliphatic carboxylic acids is 1. The lowest BCUT2D eigenvalue weighted by Crippen LogP contribution is -2.41. The Morgan fingerprint density at radius 1 is 1.29 bits per heavy atom. The van der Waals surface area contributed by atoms with Crippen LogP contribution < -0.4 is 10.6 Å². The number of hydrogen-bond donors (Lipinski definition) is 3. The van der Waals surface area contributed by atoms with Gasteiger partial charge in [0, 0.05) is 12.7 Å². The van der Waals surface area contributed by atoms with Crippen molar-refractivity contribution >= 4 is 12.0 Å². The van der Waals surface area contributed by atoms with Crippen LogP contribution in [-0.2, 0) is 11.3 Å². The molecule has 114 valence electrons. The summed E-state index contributed by atoms with van der Waals surface area (Å²) in [6.07, 6.45) is 6.56. The van der Waals surface area contributed by atoms with Crippen molar-refractivity contribution in [3.05, 3.63) is 24.3 Å². The minimum absolute atomic E-state index is 0.0149. The van der Waals surface area contributed by atoms with Crippen LogP contribution in [-0.4, -0.2) is 33.6 Å². The third-order valence-electron chi connectivity index (χ3n) is 3.82. The molecule has 21 heavy (non-hydrogen) atoms. The van der Waals surface area contributed by atoms with Crippen LogP contribution in [0.25, 0.3) is 0 Å². The van der Waals surface area contributed by atoms with E-state index in [2.05, 4.69) is 20.6 Å². The van der Waals surface area contributed by atoms with E-state index >= 15 is 0 Å². The summed E-state index contributed by atoms with van der Waals surface area (Å²) >= 11 is 0. The fourth-order valence-electron chi connectivity index (χ4n) is 2.66.